The maximum atomic E-state index is 9.38. The van der Waals surface area contributed by atoms with Crippen molar-refractivity contribution < 1.29 is 9.84 Å². The van der Waals surface area contributed by atoms with Gasteiger partial charge in [-0.2, -0.15) is 5.10 Å². The highest BCUT2D eigenvalue weighted by Gasteiger charge is 2.04. The van der Waals surface area contributed by atoms with Crippen molar-refractivity contribution in [2.24, 2.45) is 5.10 Å². The molecule has 4 nitrogen and oxygen atoms in total. The number of methoxy groups -OCH3 is 1. The number of benzene rings is 1. The summed E-state index contributed by atoms with van der Waals surface area (Å²) in [7, 11) is 3.21. The smallest absolute Gasteiger partial charge is 0.169 e. The minimum atomic E-state index is 0.113. The van der Waals surface area contributed by atoms with Crippen LogP contribution in [0.3, 0.4) is 0 Å². The number of nitrogens with zero attached hydrogens (tertiary/aromatic N) is 1. The van der Waals surface area contributed by atoms with Gasteiger partial charge in [-0.3, -0.25) is 0 Å². The highest BCUT2D eigenvalue weighted by molar-refractivity contribution is 5.84. The first kappa shape index (κ1) is 9.38. The van der Waals surface area contributed by atoms with Crippen LogP contribution >= 0.6 is 0 Å². The van der Waals surface area contributed by atoms with E-state index >= 15 is 0 Å². The summed E-state index contributed by atoms with van der Waals surface area (Å²) in [6, 6.07) is 5.10. The summed E-state index contributed by atoms with van der Waals surface area (Å²) in [6.45, 7) is 0. The Labute approximate surface area is 76.8 Å². The number of hydrogen-bond donors (Lipinski definition) is 2. The van der Waals surface area contributed by atoms with Gasteiger partial charge in [0.1, 0.15) is 0 Å². The maximum absolute atomic E-state index is 9.38. The Morgan fingerprint density at radius 1 is 1.54 bits per heavy atom. The fraction of sp³-hybridized carbons (Fsp3) is 0.222. The van der Waals surface area contributed by atoms with Crippen LogP contribution in [0.25, 0.3) is 0 Å². The summed E-state index contributed by atoms with van der Waals surface area (Å²) < 4.78 is 5.00. The molecule has 0 aliphatic heterocycles. The zero-order valence-corrected chi connectivity index (χ0v) is 7.61. The van der Waals surface area contributed by atoms with Gasteiger partial charge in [-0.1, -0.05) is 6.07 Å². The van der Waals surface area contributed by atoms with Crippen molar-refractivity contribution >= 4 is 6.21 Å². The quantitative estimate of drug-likeness (QED) is 0.538. The molecule has 0 aromatic heterocycles. The third-order valence-corrected chi connectivity index (χ3v) is 1.56. The monoisotopic (exact) mass is 180 g/mol. The highest BCUT2D eigenvalue weighted by atomic mass is 16.5. The summed E-state index contributed by atoms with van der Waals surface area (Å²) in [5.74, 6) is 0.545. The summed E-state index contributed by atoms with van der Waals surface area (Å²) in [5, 5.41) is 13.2. The number of ether oxygens (including phenoxy) is 1. The molecule has 0 radical (unpaired) electrons. The molecular formula is C9H12N2O2. The lowest BCUT2D eigenvalue weighted by molar-refractivity contribution is 0.373. The van der Waals surface area contributed by atoms with Crippen LogP contribution in [0.4, 0.5) is 0 Å². The fourth-order valence-electron chi connectivity index (χ4n) is 1.00. The van der Waals surface area contributed by atoms with Crippen molar-refractivity contribution in [3.8, 4) is 11.5 Å². The molecule has 0 amide bonds. The molecule has 0 saturated heterocycles. The van der Waals surface area contributed by atoms with Gasteiger partial charge in [0.2, 0.25) is 0 Å². The number of phenolic OH excluding ortho intramolecular Hbond substituents is 1. The lowest BCUT2D eigenvalue weighted by Gasteiger charge is -2.05. The van der Waals surface area contributed by atoms with E-state index in [1.54, 1.807) is 31.5 Å². The van der Waals surface area contributed by atoms with Gasteiger partial charge in [-0.15, -0.1) is 0 Å². The van der Waals surface area contributed by atoms with E-state index in [1.165, 1.54) is 7.11 Å². The second-order valence-electron chi connectivity index (χ2n) is 2.38. The number of hydrogen-bond acceptors (Lipinski definition) is 4. The molecule has 1 rings (SSSR count). The number of nitrogens with one attached hydrogen (secondary N) is 1. The van der Waals surface area contributed by atoms with E-state index in [-0.39, 0.29) is 5.75 Å². The Kier molecular flexibility index (Phi) is 3.14. The van der Waals surface area contributed by atoms with Crippen molar-refractivity contribution in [2.45, 2.75) is 0 Å². The molecule has 0 bridgehead atoms. The van der Waals surface area contributed by atoms with Crippen molar-refractivity contribution in [1.82, 2.24) is 5.43 Å². The van der Waals surface area contributed by atoms with Crippen LogP contribution in [-0.2, 0) is 0 Å². The number of aromatic hydroxyl groups is 1. The maximum Gasteiger partial charge on any atom is 0.169 e. The molecule has 0 aliphatic carbocycles. The molecule has 0 saturated carbocycles. The third-order valence-electron chi connectivity index (χ3n) is 1.56. The van der Waals surface area contributed by atoms with E-state index in [1.807, 2.05) is 0 Å². The van der Waals surface area contributed by atoms with Crippen LogP contribution < -0.4 is 10.2 Å². The summed E-state index contributed by atoms with van der Waals surface area (Å²) >= 11 is 0. The molecule has 1 aromatic carbocycles. The molecule has 13 heavy (non-hydrogen) atoms. The fourth-order valence-corrected chi connectivity index (χ4v) is 1.00. The van der Waals surface area contributed by atoms with Gasteiger partial charge < -0.3 is 15.3 Å². The predicted octanol–water partition coefficient (Wildman–Crippen LogP) is 0.954. The van der Waals surface area contributed by atoms with E-state index in [9.17, 15) is 5.11 Å². The van der Waals surface area contributed by atoms with E-state index in [4.69, 9.17) is 4.74 Å². The minimum Gasteiger partial charge on any atom is -0.504 e. The van der Waals surface area contributed by atoms with Gasteiger partial charge in [0.15, 0.2) is 11.5 Å². The Balaban J connectivity index is 3.05. The van der Waals surface area contributed by atoms with Crippen LogP contribution in [0.15, 0.2) is 23.3 Å². The van der Waals surface area contributed by atoms with Gasteiger partial charge in [0.25, 0.3) is 0 Å². The first-order valence-electron chi connectivity index (χ1n) is 3.85. The van der Waals surface area contributed by atoms with Crippen LogP contribution in [0.5, 0.6) is 11.5 Å². The molecule has 70 valence electrons. The molecule has 0 unspecified atom stereocenters. The van der Waals surface area contributed by atoms with Gasteiger partial charge in [-0.05, 0) is 12.1 Å². The highest BCUT2D eigenvalue weighted by Crippen LogP contribution is 2.27. The summed E-state index contributed by atoms with van der Waals surface area (Å²) in [6.07, 6.45) is 1.58. The first-order valence-corrected chi connectivity index (χ1v) is 3.85. The SMILES string of the molecule is CN/N=C/c1cccc(O)c1OC. The van der Waals surface area contributed by atoms with Crippen molar-refractivity contribution in [3.05, 3.63) is 23.8 Å². The molecule has 1 aromatic rings. The number of phenols is 1. The Morgan fingerprint density at radius 3 is 2.92 bits per heavy atom. The summed E-state index contributed by atoms with van der Waals surface area (Å²) in [4.78, 5) is 0. The van der Waals surface area contributed by atoms with E-state index in [2.05, 4.69) is 10.5 Å². The topological polar surface area (TPSA) is 53.9 Å². The largest absolute Gasteiger partial charge is 0.504 e. The van der Waals surface area contributed by atoms with Crippen LogP contribution in [-0.4, -0.2) is 25.5 Å². The Hall–Kier alpha value is -1.71. The van der Waals surface area contributed by atoms with Crippen molar-refractivity contribution in [3.63, 3.8) is 0 Å². The molecule has 2 N–H and O–H groups in total. The molecule has 0 aliphatic rings. The molecule has 4 heteroatoms. The molecular weight excluding hydrogens is 168 g/mol. The second kappa shape index (κ2) is 4.35. The minimum absolute atomic E-state index is 0.113. The van der Waals surface area contributed by atoms with Crippen molar-refractivity contribution in [1.29, 1.82) is 0 Å². The molecule has 0 fully saturated rings. The average Bonchev–Trinajstić information content (AvgIpc) is 2.15. The van der Waals surface area contributed by atoms with Gasteiger partial charge in [-0.25, -0.2) is 0 Å². The summed E-state index contributed by atoms with van der Waals surface area (Å²) in [5.41, 5.74) is 3.35. The second-order valence-corrected chi connectivity index (χ2v) is 2.38. The van der Waals surface area contributed by atoms with Gasteiger partial charge in [0.05, 0.1) is 13.3 Å². The zero-order chi connectivity index (χ0) is 9.68. The molecule has 0 heterocycles. The average molecular weight is 180 g/mol. The number of para-hydroxylation sites is 1. The standard InChI is InChI=1S/C9H12N2O2/c1-10-11-6-7-4-3-5-8(12)9(7)13-2/h3-6,10,12H,1-2H3/b11-6+. The van der Waals surface area contributed by atoms with E-state index in [0.717, 1.165) is 5.56 Å². The van der Waals surface area contributed by atoms with Gasteiger partial charge >= 0.3 is 0 Å². The van der Waals surface area contributed by atoms with E-state index in [0.29, 0.717) is 5.75 Å². The number of rotatable bonds is 3. The normalized spacial score (nSPS) is 10.3. The van der Waals surface area contributed by atoms with Gasteiger partial charge in [0, 0.05) is 12.6 Å². The predicted molar refractivity (Wildman–Crippen MR) is 51.3 cm³/mol. The van der Waals surface area contributed by atoms with Crippen LogP contribution in [0.2, 0.25) is 0 Å². The van der Waals surface area contributed by atoms with Crippen LogP contribution in [0.1, 0.15) is 5.56 Å². The lowest BCUT2D eigenvalue weighted by Crippen LogP contribution is -1.96. The third kappa shape index (κ3) is 2.11. The van der Waals surface area contributed by atoms with E-state index < -0.39 is 0 Å². The Morgan fingerprint density at radius 2 is 2.31 bits per heavy atom. The number of hydrazone groups is 1. The van der Waals surface area contributed by atoms with Crippen molar-refractivity contribution in [2.75, 3.05) is 14.2 Å². The lowest BCUT2D eigenvalue weighted by atomic mass is 10.2. The first-order chi connectivity index (χ1) is 6.29. The zero-order valence-electron chi connectivity index (χ0n) is 7.61. The van der Waals surface area contributed by atoms with Crippen LogP contribution in [0, 0.1) is 0 Å². The molecule has 0 spiro atoms. The molecule has 0 atom stereocenters. The Bertz CT molecular complexity index is 310.